The van der Waals surface area contributed by atoms with Crippen molar-refractivity contribution in [3.8, 4) is 11.5 Å². The topological polar surface area (TPSA) is 50.8 Å². The van der Waals surface area contributed by atoms with Crippen LogP contribution < -0.4 is 14.8 Å². The standard InChI is InChI=1S/C25H31ClN2O3/c1-3-17-8-10-20(26)19(4-2)25(17)27-24(29)16-28-12-5-7-21(28)18-9-11-22-23(15-18)31-14-6-13-30-22/h8-11,15,21H,3-7,12-14,16H2,1-2H3,(H,27,29)/t21-/m1/s1. The molecule has 0 aromatic heterocycles. The van der Waals surface area contributed by atoms with E-state index in [1.165, 1.54) is 5.56 Å². The van der Waals surface area contributed by atoms with Gasteiger partial charge in [-0.05, 0) is 67.1 Å². The number of nitrogens with zero attached hydrogens (tertiary/aromatic N) is 1. The molecule has 0 bridgehead atoms. The highest BCUT2D eigenvalue weighted by molar-refractivity contribution is 6.32. The van der Waals surface area contributed by atoms with Gasteiger partial charge < -0.3 is 14.8 Å². The van der Waals surface area contributed by atoms with Crippen molar-refractivity contribution in [3.05, 3.63) is 52.0 Å². The van der Waals surface area contributed by atoms with Crippen molar-refractivity contribution in [2.24, 2.45) is 0 Å². The maximum absolute atomic E-state index is 13.0. The van der Waals surface area contributed by atoms with Crippen molar-refractivity contribution in [2.45, 2.75) is 52.0 Å². The predicted molar refractivity (Wildman–Crippen MR) is 124 cm³/mol. The number of likely N-dealkylation sites (tertiary alicyclic amines) is 1. The molecule has 0 unspecified atom stereocenters. The summed E-state index contributed by atoms with van der Waals surface area (Å²) in [6.45, 7) is 6.79. The van der Waals surface area contributed by atoms with Crippen LogP contribution in [0.25, 0.3) is 0 Å². The Bertz CT molecular complexity index is 947. The van der Waals surface area contributed by atoms with E-state index in [2.05, 4.69) is 36.2 Å². The molecule has 166 valence electrons. The van der Waals surface area contributed by atoms with E-state index < -0.39 is 0 Å². The fourth-order valence-corrected chi connectivity index (χ4v) is 4.90. The van der Waals surface area contributed by atoms with Crippen LogP contribution in [0.1, 0.15) is 55.8 Å². The number of carbonyl (C=O) groups excluding carboxylic acids is 1. The van der Waals surface area contributed by atoms with Crippen molar-refractivity contribution in [1.29, 1.82) is 0 Å². The molecule has 0 aliphatic carbocycles. The molecular weight excluding hydrogens is 412 g/mol. The summed E-state index contributed by atoms with van der Waals surface area (Å²) in [7, 11) is 0. The molecule has 2 aromatic carbocycles. The smallest absolute Gasteiger partial charge is 0.238 e. The van der Waals surface area contributed by atoms with Gasteiger partial charge in [-0.3, -0.25) is 9.69 Å². The maximum atomic E-state index is 13.0. The quantitative estimate of drug-likeness (QED) is 0.650. The first kappa shape index (κ1) is 22.0. The molecule has 2 aliphatic rings. The highest BCUT2D eigenvalue weighted by Crippen LogP contribution is 2.38. The van der Waals surface area contributed by atoms with Crippen LogP contribution in [0, 0.1) is 0 Å². The lowest BCUT2D eigenvalue weighted by atomic mass is 10.0. The first-order chi connectivity index (χ1) is 15.1. The van der Waals surface area contributed by atoms with Crippen LogP contribution in [0.5, 0.6) is 11.5 Å². The van der Waals surface area contributed by atoms with Gasteiger partial charge in [-0.2, -0.15) is 0 Å². The molecular formula is C25H31ClN2O3. The van der Waals surface area contributed by atoms with Crippen molar-refractivity contribution in [3.63, 3.8) is 0 Å². The number of fused-ring (bicyclic) bond motifs is 1. The predicted octanol–water partition coefficient (Wildman–Crippen LogP) is 5.40. The third kappa shape index (κ3) is 4.83. The number of nitrogens with one attached hydrogen (secondary N) is 1. The molecule has 5 nitrogen and oxygen atoms in total. The second-order valence-electron chi connectivity index (χ2n) is 8.20. The Balaban J connectivity index is 1.49. The molecule has 0 saturated carbocycles. The number of anilines is 1. The lowest BCUT2D eigenvalue weighted by molar-refractivity contribution is -0.117. The molecule has 1 atom stereocenters. The van der Waals surface area contributed by atoms with Gasteiger partial charge in [0.2, 0.25) is 5.91 Å². The molecule has 2 heterocycles. The van der Waals surface area contributed by atoms with Crippen LogP contribution in [0.2, 0.25) is 5.02 Å². The summed E-state index contributed by atoms with van der Waals surface area (Å²) in [4.78, 5) is 15.3. The van der Waals surface area contributed by atoms with E-state index in [4.69, 9.17) is 21.1 Å². The number of benzene rings is 2. The second kappa shape index (κ2) is 9.92. The fourth-order valence-electron chi connectivity index (χ4n) is 4.61. The van der Waals surface area contributed by atoms with Gasteiger partial charge in [0, 0.05) is 23.2 Å². The molecule has 0 radical (unpaired) electrons. The van der Waals surface area contributed by atoms with E-state index in [1.807, 2.05) is 18.2 Å². The van der Waals surface area contributed by atoms with E-state index >= 15 is 0 Å². The summed E-state index contributed by atoms with van der Waals surface area (Å²) in [5, 5.41) is 3.88. The van der Waals surface area contributed by atoms with Gasteiger partial charge in [0.25, 0.3) is 0 Å². The van der Waals surface area contributed by atoms with Gasteiger partial charge in [0.15, 0.2) is 11.5 Å². The molecule has 1 N–H and O–H groups in total. The molecule has 2 aromatic rings. The van der Waals surface area contributed by atoms with Crippen LogP contribution in [0.4, 0.5) is 5.69 Å². The van der Waals surface area contributed by atoms with Gasteiger partial charge in [-0.1, -0.05) is 37.6 Å². The Morgan fingerprint density at radius 2 is 1.90 bits per heavy atom. The van der Waals surface area contributed by atoms with Crippen LogP contribution in [0.3, 0.4) is 0 Å². The van der Waals surface area contributed by atoms with E-state index in [0.717, 1.165) is 67.0 Å². The first-order valence-corrected chi connectivity index (χ1v) is 11.7. The third-order valence-electron chi connectivity index (χ3n) is 6.21. The van der Waals surface area contributed by atoms with E-state index in [0.29, 0.717) is 24.8 Å². The Morgan fingerprint density at radius 1 is 1.10 bits per heavy atom. The number of amides is 1. The number of hydrogen-bond donors (Lipinski definition) is 1. The molecule has 0 spiro atoms. The van der Waals surface area contributed by atoms with Crippen molar-refractivity contribution in [1.82, 2.24) is 4.90 Å². The first-order valence-electron chi connectivity index (χ1n) is 11.3. The average Bonchev–Trinajstić information content (AvgIpc) is 3.09. The maximum Gasteiger partial charge on any atom is 0.238 e. The minimum absolute atomic E-state index is 0.00732. The summed E-state index contributed by atoms with van der Waals surface area (Å²) in [5.74, 6) is 1.63. The van der Waals surface area contributed by atoms with E-state index in [9.17, 15) is 4.79 Å². The van der Waals surface area contributed by atoms with Gasteiger partial charge >= 0.3 is 0 Å². The summed E-state index contributed by atoms with van der Waals surface area (Å²) in [5.41, 5.74) is 4.19. The summed E-state index contributed by atoms with van der Waals surface area (Å²) < 4.78 is 11.6. The molecule has 1 amide bonds. The summed E-state index contributed by atoms with van der Waals surface area (Å²) in [6, 6.07) is 10.3. The minimum atomic E-state index is 0.00732. The highest BCUT2D eigenvalue weighted by Gasteiger charge is 2.29. The van der Waals surface area contributed by atoms with Crippen molar-refractivity contribution < 1.29 is 14.3 Å². The molecule has 1 fully saturated rings. The largest absolute Gasteiger partial charge is 0.490 e. The summed E-state index contributed by atoms with van der Waals surface area (Å²) in [6.07, 6.45) is 4.63. The molecule has 6 heteroatoms. The Labute approximate surface area is 189 Å². The molecule has 31 heavy (non-hydrogen) atoms. The average molecular weight is 443 g/mol. The van der Waals surface area contributed by atoms with Gasteiger partial charge in [0.1, 0.15) is 0 Å². The zero-order valence-electron chi connectivity index (χ0n) is 18.4. The van der Waals surface area contributed by atoms with E-state index in [-0.39, 0.29) is 11.9 Å². The van der Waals surface area contributed by atoms with Gasteiger partial charge in [0.05, 0.1) is 19.8 Å². The zero-order valence-corrected chi connectivity index (χ0v) is 19.1. The molecule has 1 saturated heterocycles. The van der Waals surface area contributed by atoms with Crippen LogP contribution in [-0.2, 0) is 17.6 Å². The second-order valence-corrected chi connectivity index (χ2v) is 8.61. The lowest BCUT2D eigenvalue weighted by Crippen LogP contribution is -2.33. The SMILES string of the molecule is CCc1ccc(Cl)c(CC)c1NC(=O)CN1CCC[C@@H]1c1ccc2c(c1)OCCCO2. The normalized spacial score (nSPS) is 18.6. The van der Waals surface area contributed by atoms with Crippen LogP contribution >= 0.6 is 11.6 Å². The number of carbonyl (C=O) groups is 1. The van der Waals surface area contributed by atoms with Gasteiger partial charge in [-0.15, -0.1) is 0 Å². The van der Waals surface area contributed by atoms with E-state index in [1.54, 1.807) is 0 Å². The monoisotopic (exact) mass is 442 g/mol. The highest BCUT2D eigenvalue weighted by atomic mass is 35.5. The van der Waals surface area contributed by atoms with Crippen LogP contribution in [0.15, 0.2) is 30.3 Å². The minimum Gasteiger partial charge on any atom is -0.490 e. The number of aryl methyl sites for hydroxylation is 1. The lowest BCUT2D eigenvalue weighted by Gasteiger charge is -2.25. The fraction of sp³-hybridized carbons (Fsp3) is 0.480. The summed E-state index contributed by atoms with van der Waals surface area (Å²) >= 11 is 6.40. The van der Waals surface area contributed by atoms with Gasteiger partial charge in [-0.25, -0.2) is 0 Å². The number of halogens is 1. The van der Waals surface area contributed by atoms with Crippen LogP contribution in [-0.4, -0.2) is 37.1 Å². The molecule has 4 rings (SSSR count). The Kier molecular flexibility index (Phi) is 7.03. The third-order valence-corrected chi connectivity index (χ3v) is 6.56. The Morgan fingerprint density at radius 3 is 2.68 bits per heavy atom. The number of rotatable bonds is 6. The molecule has 2 aliphatic heterocycles. The van der Waals surface area contributed by atoms with Crippen molar-refractivity contribution >= 4 is 23.2 Å². The van der Waals surface area contributed by atoms with Crippen molar-refractivity contribution in [2.75, 3.05) is 31.6 Å². The number of hydrogen-bond acceptors (Lipinski definition) is 4. The number of ether oxygens (including phenoxy) is 2. The Hall–Kier alpha value is -2.24. The zero-order chi connectivity index (χ0) is 21.8.